The molecule has 0 radical (unpaired) electrons. The average molecular weight is 526 g/mol. The molecule has 0 bridgehead atoms. The van der Waals surface area contributed by atoms with Gasteiger partial charge in [0.1, 0.15) is 10.6 Å². The van der Waals surface area contributed by atoms with Gasteiger partial charge < -0.3 is 14.8 Å². The quantitative estimate of drug-likeness (QED) is 0.449. The molecule has 1 aliphatic rings. The van der Waals surface area contributed by atoms with Crippen molar-refractivity contribution in [3.05, 3.63) is 42.0 Å². The Kier molecular flexibility index (Phi) is 7.47. The van der Waals surface area contributed by atoms with Crippen LogP contribution in [0.1, 0.15) is 25.5 Å². The van der Waals surface area contributed by atoms with E-state index < -0.39 is 27.3 Å². The second kappa shape index (κ2) is 10.4. The van der Waals surface area contributed by atoms with E-state index in [0.717, 1.165) is 26.1 Å². The number of nitrogens with one attached hydrogen (secondary N) is 2. The fraction of sp³-hybridized carbons (Fsp3) is 0.409. The van der Waals surface area contributed by atoms with E-state index in [1.54, 1.807) is 0 Å². The molecule has 1 saturated heterocycles. The number of anilines is 2. The van der Waals surface area contributed by atoms with Crippen LogP contribution >= 0.6 is 11.3 Å². The number of nitrogens with zero attached hydrogens (tertiary/aromatic N) is 3. The highest BCUT2D eigenvalue weighted by Gasteiger charge is 2.26. The Hall–Kier alpha value is -2.90. The zero-order valence-corrected chi connectivity index (χ0v) is 21.0. The van der Waals surface area contributed by atoms with Crippen molar-refractivity contribution in [2.75, 3.05) is 30.4 Å². The van der Waals surface area contributed by atoms with E-state index in [1.165, 1.54) is 30.7 Å². The summed E-state index contributed by atoms with van der Waals surface area (Å²) in [4.78, 5) is 12.4. The molecule has 4 rings (SSSR count). The number of methoxy groups -OCH3 is 1. The largest absolute Gasteiger partial charge is 0.480 e. The first-order chi connectivity index (χ1) is 16.7. The van der Waals surface area contributed by atoms with Crippen molar-refractivity contribution in [1.29, 1.82) is 0 Å². The van der Waals surface area contributed by atoms with Gasteiger partial charge in [0.05, 0.1) is 30.1 Å². The van der Waals surface area contributed by atoms with Crippen molar-refractivity contribution in [1.82, 2.24) is 15.0 Å². The molecule has 9 nitrogen and oxygen atoms in total. The molecule has 0 saturated carbocycles. The number of pyridine rings is 2. The second-order valence-corrected chi connectivity index (χ2v) is 10.8. The van der Waals surface area contributed by atoms with Crippen LogP contribution in [0.4, 0.5) is 19.6 Å². The number of sulfonamides is 1. The van der Waals surface area contributed by atoms with E-state index >= 15 is 0 Å². The maximum absolute atomic E-state index is 14.0. The molecule has 1 unspecified atom stereocenters. The van der Waals surface area contributed by atoms with E-state index in [2.05, 4.69) is 27.2 Å². The summed E-state index contributed by atoms with van der Waals surface area (Å²) in [6.07, 6.45) is 4.84. The van der Waals surface area contributed by atoms with E-state index in [-0.39, 0.29) is 16.8 Å². The van der Waals surface area contributed by atoms with Crippen molar-refractivity contribution < 1.29 is 26.7 Å². The van der Waals surface area contributed by atoms with Gasteiger partial charge >= 0.3 is 0 Å². The number of aryl methyl sites for hydroxylation is 1. The van der Waals surface area contributed by atoms with Gasteiger partial charge in [-0.15, -0.1) is 0 Å². The molecule has 1 fully saturated rings. The molecule has 3 aromatic rings. The Balaban J connectivity index is 1.64. The highest BCUT2D eigenvalue weighted by molar-refractivity contribution is 7.92. The molecule has 1 aliphatic heterocycles. The second-order valence-electron chi connectivity index (χ2n) is 8.13. The molecule has 1 atom stereocenters. The first-order valence-corrected chi connectivity index (χ1v) is 13.2. The summed E-state index contributed by atoms with van der Waals surface area (Å²) in [6.45, 7) is 5.41. The molecular weight excluding hydrogens is 500 g/mol. The lowest BCUT2D eigenvalue weighted by atomic mass is 9.93. The summed E-state index contributed by atoms with van der Waals surface area (Å²) in [7, 11) is -3.20. The predicted octanol–water partition coefficient (Wildman–Crippen LogP) is 4.22. The van der Waals surface area contributed by atoms with Crippen LogP contribution in [0, 0.1) is 24.5 Å². The monoisotopic (exact) mass is 525 g/mol. The van der Waals surface area contributed by atoms with Gasteiger partial charge in [0.25, 0.3) is 10.0 Å². The zero-order chi connectivity index (χ0) is 25.2. The third kappa shape index (κ3) is 5.52. The highest BCUT2D eigenvalue weighted by Crippen LogP contribution is 2.37. The molecule has 2 N–H and O–H groups in total. The Labute approximate surface area is 206 Å². The standard InChI is InChI=1S/C22H25F2N5O4S2/c1-12(14-4-6-33-7-5-14)27-22-28-13(2)20(34-22)15-8-18(21(32-3)26-9-15)35(30,31)29-19-16(23)10-25-11-17(19)24/h8-12,14H,4-7H2,1-3H3,(H,25,29)(H,27,28). The van der Waals surface area contributed by atoms with E-state index in [0.29, 0.717) is 39.6 Å². The Bertz CT molecular complexity index is 1290. The Morgan fingerprint density at radius 1 is 1.20 bits per heavy atom. The van der Waals surface area contributed by atoms with Crippen molar-refractivity contribution in [2.24, 2.45) is 5.92 Å². The molecule has 35 heavy (non-hydrogen) atoms. The van der Waals surface area contributed by atoms with Gasteiger partial charge in [-0.3, -0.25) is 9.71 Å². The summed E-state index contributed by atoms with van der Waals surface area (Å²) >= 11 is 1.37. The maximum atomic E-state index is 14.0. The van der Waals surface area contributed by atoms with Crippen LogP contribution in [0.25, 0.3) is 10.4 Å². The third-order valence-electron chi connectivity index (χ3n) is 5.77. The molecule has 0 aromatic carbocycles. The van der Waals surface area contributed by atoms with Gasteiger partial charge in [-0.25, -0.2) is 27.2 Å². The predicted molar refractivity (Wildman–Crippen MR) is 128 cm³/mol. The minimum absolute atomic E-state index is 0.191. The number of halogens is 2. The van der Waals surface area contributed by atoms with Gasteiger partial charge in [0.2, 0.25) is 5.88 Å². The minimum atomic E-state index is -4.46. The molecule has 0 amide bonds. The zero-order valence-electron chi connectivity index (χ0n) is 19.3. The van der Waals surface area contributed by atoms with Gasteiger partial charge in [-0.05, 0) is 38.7 Å². The normalized spacial score (nSPS) is 15.6. The molecule has 3 aromatic heterocycles. The number of hydrogen-bond donors (Lipinski definition) is 2. The molecule has 188 valence electrons. The topological polar surface area (TPSA) is 115 Å². The molecule has 0 aliphatic carbocycles. The summed E-state index contributed by atoms with van der Waals surface area (Å²) in [5, 5.41) is 4.15. The molecule has 0 spiro atoms. The lowest BCUT2D eigenvalue weighted by Gasteiger charge is -2.28. The van der Waals surface area contributed by atoms with Crippen molar-refractivity contribution in [2.45, 2.75) is 37.6 Å². The number of aromatic nitrogens is 3. The number of rotatable bonds is 8. The van der Waals surface area contributed by atoms with E-state index in [9.17, 15) is 17.2 Å². The van der Waals surface area contributed by atoms with E-state index in [4.69, 9.17) is 9.47 Å². The lowest BCUT2D eigenvalue weighted by molar-refractivity contribution is 0.0622. The summed E-state index contributed by atoms with van der Waals surface area (Å²) in [5.74, 6) is -2.05. The van der Waals surface area contributed by atoms with Crippen LogP contribution in [0.3, 0.4) is 0 Å². The fourth-order valence-electron chi connectivity index (χ4n) is 3.85. The van der Waals surface area contributed by atoms with Gasteiger partial charge in [0.15, 0.2) is 16.8 Å². The van der Waals surface area contributed by atoms with Crippen molar-refractivity contribution >= 4 is 32.2 Å². The Morgan fingerprint density at radius 2 is 1.89 bits per heavy atom. The Morgan fingerprint density at radius 3 is 2.54 bits per heavy atom. The molecular formula is C22H25F2N5O4S2. The van der Waals surface area contributed by atoms with E-state index in [1.807, 2.05) is 11.6 Å². The molecule has 13 heteroatoms. The smallest absolute Gasteiger partial charge is 0.267 e. The number of ether oxygens (including phenoxy) is 2. The van der Waals surface area contributed by atoms with Crippen LogP contribution < -0.4 is 14.8 Å². The average Bonchev–Trinajstić information content (AvgIpc) is 3.21. The SMILES string of the molecule is COc1ncc(-c2sc(NC(C)C3CCOCC3)nc2C)cc1S(=O)(=O)Nc1c(F)cncc1F. The van der Waals surface area contributed by atoms with Crippen LogP contribution in [0.2, 0.25) is 0 Å². The number of thiazole rings is 1. The van der Waals surface area contributed by atoms with Crippen molar-refractivity contribution in [3.8, 4) is 16.3 Å². The van der Waals surface area contributed by atoms with Gasteiger partial charge in [0, 0.05) is 31.0 Å². The van der Waals surface area contributed by atoms with Gasteiger partial charge in [-0.1, -0.05) is 11.3 Å². The summed E-state index contributed by atoms with van der Waals surface area (Å²) in [5.41, 5.74) is 0.324. The summed E-state index contributed by atoms with van der Waals surface area (Å²) < 4.78 is 66.6. The first-order valence-electron chi connectivity index (χ1n) is 10.9. The van der Waals surface area contributed by atoms with Crippen LogP contribution in [-0.2, 0) is 14.8 Å². The third-order valence-corrected chi connectivity index (χ3v) is 8.26. The maximum Gasteiger partial charge on any atom is 0.267 e. The van der Waals surface area contributed by atoms with Crippen LogP contribution in [0.5, 0.6) is 5.88 Å². The lowest BCUT2D eigenvalue weighted by Crippen LogP contribution is -2.30. The molecule has 4 heterocycles. The fourth-order valence-corrected chi connectivity index (χ4v) is 6.12. The van der Waals surface area contributed by atoms with Crippen LogP contribution in [0.15, 0.2) is 29.6 Å². The highest BCUT2D eigenvalue weighted by atomic mass is 32.2. The van der Waals surface area contributed by atoms with Gasteiger partial charge in [-0.2, -0.15) is 0 Å². The number of hydrogen-bond acceptors (Lipinski definition) is 9. The van der Waals surface area contributed by atoms with Crippen molar-refractivity contribution in [3.63, 3.8) is 0 Å². The summed E-state index contributed by atoms with van der Waals surface area (Å²) in [6, 6.07) is 1.54. The minimum Gasteiger partial charge on any atom is -0.480 e. The first kappa shape index (κ1) is 25.2. The van der Waals surface area contributed by atoms with Crippen LogP contribution in [-0.4, -0.2) is 49.7 Å².